The standard InChI is InChI=1S/C17H24N2O4S/c1-23-16-8-3-2-6-14(16)12-15-7-4-10-19(15)17(20)13-18-9-5-11-24(18,21)22/h2-3,6,8,15H,4-5,7,9-13H2,1H3/t15-/m0/s1. The quantitative estimate of drug-likeness (QED) is 0.800. The van der Waals surface area contributed by atoms with Gasteiger partial charge in [0.15, 0.2) is 0 Å². The summed E-state index contributed by atoms with van der Waals surface area (Å²) in [5, 5.41) is 0. The van der Waals surface area contributed by atoms with Crippen molar-refractivity contribution in [3.8, 4) is 5.75 Å². The fourth-order valence-electron chi connectivity index (χ4n) is 3.61. The summed E-state index contributed by atoms with van der Waals surface area (Å²) in [6, 6.07) is 7.95. The van der Waals surface area contributed by atoms with Crippen LogP contribution in [0.25, 0.3) is 0 Å². The van der Waals surface area contributed by atoms with Crippen molar-refractivity contribution in [2.24, 2.45) is 0 Å². The van der Waals surface area contributed by atoms with Crippen LogP contribution in [-0.2, 0) is 21.2 Å². The molecule has 0 spiro atoms. The Labute approximate surface area is 143 Å². The molecule has 2 saturated heterocycles. The number of benzene rings is 1. The highest BCUT2D eigenvalue weighted by molar-refractivity contribution is 7.89. The van der Waals surface area contributed by atoms with E-state index in [-0.39, 0.29) is 24.2 Å². The number of carbonyl (C=O) groups is 1. The second-order valence-corrected chi connectivity index (χ2v) is 8.49. The number of rotatable bonds is 5. The molecule has 1 atom stereocenters. The van der Waals surface area contributed by atoms with E-state index in [1.54, 1.807) is 7.11 Å². The molecule has 2 heterocycles. The van der Waals surface area contributed by atoms with Crippen LogP contribution in [-0.4, -0.2) is 62.1 Å². The molecular formula is C17H24N2O4S. The van der Waals surface area contributed by atoms with E-state index in [9.17, 15) is 13.2 Å². The van der Waals surface area contributed by atoms with Crippen molar-refractivity contribution >= 4 is 15.9 Å². The Morgan fingerprint density at radius 1 is 1.25 bits per heavy atom. The second kappa shape index (κ2) is 7.11. The Morgan fingerprint density at radius 3 is 2.75 bits per heavy atom. The van der Waals surface area contributed by atoms with Crippen LogP contribution in [0, 0.1) is 0 Å². The SMILES string of the molecule is COc1ccccc1C[C@@H]1CCCN1C(=O)CN1CCCS1(=O)=O. The van der Waals surface area contributed by atoms with Crippen molar-refractivity contribution in [3.05, 3.63) is 29.8 Å². The van der Waals surface area contributed by atoms with Crippen molar-refractivity contribution in [2.75, 3.05) is 32.5 Å². The number of sulfonamides is 1. The molecule has 0 N–H and O–H groups in total. The third kappa shape index (κ3) is 3.57. The fourth-order valence-corrected chi connectivity index (χ4v) is 5.08. The zero-order chi connectivity index (χ0) is 17.2. The number of carbonyl (C=O) groups excluding carboxylic acids is 1. The lowest BCUT2D eigenvalue weighted by Crippen LogP contribution is -2.43. The number of hydrogen-bond donors (Lipinski definition) is 0. The molecule has 3 rings (SSSR count). The number of likely N-dealkylation sites (tertiary alicyclic amines) is 1. The van der Waals surface area contributed by atoms with Crippen molar-refractivity contribution in [1.29, 1.82) is 0 Å². The lowest BCUT2D eigenvalue weighted by molar-refractivity contribution is -0.132. The lowest BCUT2D eigenvalue weighted by Gasteiger charge is -2.27. The van der Waals surface area contributed by atoms with Gasteiger partial charge < -0.3 is 9.64 Å². The average molecular weight is 352 g/mol. The molecule has 2 aliphatic heterocycles. The zero-order valence-corrected chi connectivity index (χ0v) is 14.8. The van der Waals surface area contributed by atoms with E-state index >= 15 is 0 Å². The minimum atomic E-state index is -3.23. The summed E-state index contributed by atoms with van der Waals surface area (Å²) in [6.07, 6.45) is 3.25. The summed E-state index contributed by atoms with van der Waals surface area (Å²) in [6.45, 7) is 1.14. The van der Waals surface area contributed by atoms with Gasteiger partial charge in [0.05, 0.1) is 19.4 Å². The van der Waals surface area contributed by atoms with Gasteiger partial charge in [-0.05, 0) is 37.3 Å². The van der Waals surface area contributed by atoms with Crippen LogP contribution in [0.4, 0.5) is 0 Å². The Hall–Kier alpha value is -1.60. The molecule has 1 amide bonds. The second-order valence-electron chi connectivity index (χ2n) is 6.40. The van der Waals surface area contributed by atoms with Gasteiger partial charge in [-0.1, -0.05) is 18.2 Å². The van der Waals surface area contributed by atoms with E-state index in [1.165, 1.54) is 4.31 Å². The van der Waals surface area contributed by atoms with Crippen molar-refractivity contribution < 1.29 is 17.9 Å². The summed E-state index contributed by atoms with van der Waals surface area (Å²) >= 11 is 0. The number of ether oxygens (including phenoxy) is 1. The minimum absolute atomic E-state index is 0.0231. The Morgan fingerprint density at radius 2 is 2.04 bits per heavy atom. The highest BCUT2D eigenvalue weighted by Crippen LogP contribution is 2.26. The van der Waals surface area contributed by atoms with E-state index in [1.807, 2.05) is 29.2 Å². The van der Waals surface area contributed by atoms with Gasteiger partial charge in [-0.15, -0.1) is 0 Å². The predicted molar refractivity (Wildman–Crippen MR) is 91.4 cm³/mol. The maximum atomic E-state index is 12.6. The van der Waals surface area contributed by atoms with Crippen LogP contribution in [0.5, 0.6) is 5.75 Å². The summed E-state index contributed by atoms with van der Waals surface area (Å²) in [4.78, 5) is 14.5. The first-order valence-electron chi connectivity index (χ1n) is 8.40. The van der Waals surface area contributed by atoms with Gasteiger partial charge in [-0.25, -0.2) is 8.42 Å². The van der Waals surface area contributed by atoms with Crippen LogP contribution in [0.15, 0.2) is 24.3 Å². The Kier molecular flexibility index (Phi) is 5.10. The highest BCUT2D eigenvalue weighted by atomic mass is 32.2. The predicted octanol–water partition coefficient (Wildman–Crippen LogP) is 1.26. The Bertz CT molecular complexity index is 704. The zero-order valence-electron chi connectivity index (χ0n) is 14.0. The fraction of sp³-hybridized carbons (Fsp3) is 0.588. The minimum Gasteiger partial charge on any atom is -0.496 e. The molecule has 6 nitrogen and oxygen atoms in total. The van der Waals surface area contributed by atoms with Gasteiger partial charge >= 0.3 is 0 Å². The van der Waals surface area contributed by atoms with Gasteiger partial charge in [-0.3, -0.25) is 4.79 Å². The van der Waals surface area contributed by atoms with Gasteiger partial charge in [-0.2, -0.15) is 4.31 Å². The maximum absolute atomic E-state index is 12.6. The van der Waals surface area contributed by atoms with E-state index < -0.39 is 10.0 Å². The highest BCUT2D eigenvalue weighted by Gasteiger charge is 2.34. The molecule has 0 aromatic heterocycles. The monoisotopic (exact) mass is 352 g/mol. The molecule has 2 fully saturated rings. The Balaban J connectivity index is 1.68. The normalized spacial score (nSPS) is 23.5. The summed E-state index contributed by atoms with van der Waals surface area (Å²) in [7, 11) is -1.59. The molecule has 0 aliphatic carbocycles. The molecule has 1 aromatic carbocycles. The molecule has 0 bridgehead atoms. The van der Waals surface area contributed by atoms with Gasteiger partial charge in [0.25, 0.3) is 0 Å². The van der Waals surface area contributed by atoms with E-state index in [4.69, 9.17) is 4.74 Å². The van der Waals surface area contributed by atoms with E-state index in [2.05, 4.69) is 0 Å². The summed E-state index contributed by atoms with van der Waals surface area (Å²) in [5.74, 6) is 0.905. The molecule has 0 radical (unpaired) electrons. The number of amides is 1. The van der Waals surface area contributed by atoms with Gasteiger partial charge in [0, 0.05) is 19.1 Å². The molecule has 7 heteroatoms. The third-order valence-electron chi connectivity index (χ3n) is 4.86. The van der Waals surface area contributed by atoms with E-state index in [0.29, 0.717) is 19.5 Å². The third-order valence-corrected chi connectivity index (χ3v) is 6.76. The van der Waals surface area contributed by atoms with E-state index in [0.717, 1.165) is 30.6 Å². The molecule has 132 valence electrons. The van der Waals surface area contributed by atoms with Crippen LogP contribution in [0.2, 0.25) is 0 Å². The number of para-hydroxylation sites is 1. The van der Waals surface area contributed by atoms with Crippen molar-refractivity contribution in [2.45, 2.75) is 31.7 Å². The summed E-state index contributed by atoms with van der Waals surface area (Å²) < 4.78 is 30.5. The van der Waals surface area contributed by atoms with Crippen molar-refractivity contribution in [1.82, 2.24) is 9.21 Å². The van der Waals surface area contributed by atoms with Gasteiger partial charge in [0.1, 0.15) is 5.75 Å². The first-order chi connectivity index (χ1) is 11.5. The largest absolute Gasteiger partial charge is 0.496 e. The van der Waals surface area contributed by atoms with Gasteiger partial charge in [0.2, 0.25) is 15.9 Å². The molecule has 24 heavy (non-hydrogen) atoms. The first kappa shape index (κ1) is 17.2. The van der Waals surface area contributed by atoms with Crippen LogP contribution in [0.3, 0.4) is 0 Å². The molecule has 0 unspecified atom stereocenters. The number of nitrogens with zero attached hydrogens (tertiary/aromatic N) is 2. The lowest BCUT2D eigenvalue weighted by atomic mass is 10.0. The maximum Gasteiger partial charge on any atom is 0.238 e. The summed E-state index contributed by atoms with van der Waals surface area (Å²) in [5.41, 5.74) is 1.08. The first-order valence-corrected chi connectivity index (χ1v) is 10.0. The average Bonchev–Trinajstić information content (AvgIpc) is 3.14. The number of hydrogen-bond acceptors (Lipinski definition) is 4. The van der Waals surface area contributed by atoms with Crippen LogP contribution >= 0.6 is 0 Å². The molecule has 1 aromatic rings. The van der Waals surface area contributed by atoms with Crippen LogP contribution in [0.1, 0.15) is 24.8 Å². The number of methoxy groups -OCH3 is 1. The van der Waals surface area contributed by atoms with Crippen molar-refractivity contribution in [3.63, 3.8) is 0 Å². The smallest absolute Gasteiger partial charge is 0.238 e. The molecule has 0 saturated carbocycles. The molecule has 2 aliphatic rings. The van der Waals surface area contributed by atoms with Crippen LogP contribution < -0.4 is 4.74 Å². The molecular weight excluding hydrogens is 328 g/mol. The topological polar surface area (TPSA) is 66.9 Å².